The average Bonchev–Trinajstić information content (AvgIpc) is 2.93. The minimum absolute atomic E-state index is 0.0952. The van der Waals surface area contributed by atoms with Crippen LogP contribution in [0.2, 0.25) is 0 Å². The first-order chi connectivity index (χ1) is 11.6. The lowest BCUT2D eigenvalue weighted by atomic mass is 9.98. The molecule has 0 unspecified atom stereocenters. The summed E-state index contributed by atoms with van der Waals surface area (Å²) in [7, 11) is 0. The number of H-pyrrole nitrogens is 1. The number of carbonyl (C=O) groups excluding carboxylic acids is 1. The van der Waals surface area contributed by atoms with E-state index in [-0.39, 0.29) is 17.5 Å². The number of aromatic nitrogens is 2. The van der Waals surface area contributed by atoms with Crippen LogP contribution in [0.15, 0.2) is 6.20 Å². The van der Waals surface area contributed by atoms with Gasteiger partial charge in [0.05, 0.1) is 6.20 Å². The first-order valence-corrected chi connectivity index (χ1v) is 8.49. The number of rotatable bonds is 4. The molecule has 1 aromatic rings. The van der Waals surface area contributed by atoms with Gasteiger partial charge in [0.2, 0.25) is 5.91 Å². The van der Waals surface area contributed by atoms with Crippen molar-refractivity contribution in [2.45, 2.75) is 25.8 Å². The first kappa shape index (κ1) is 16.9. The van der Waals surface area contributed by atoms with E-state index < -0.39 is 5.97 Å². The Morgan fingerprint density at radius 1 is 1.25 bits per heavy atom. The maximum atomic E-state index is 12.6. The van der Waals surface area contributed by atoms with Gasteiger partial charge in [-0.2, -0.15) is 5.10 Å². The van der Waals surface area contributed by atoms with Gasteiger partial charge in [-0.05, 0) is 19.3 Å². The van der Waals surface area contributed by atoms with Gasteiger partial charge in [-0.25, -0.2) is 4.79 Å². The summed E-state index contributed by atoms with van der Waals surface area (Å²) in [6, 6.07) is 0. The van der Waals surface area contributed by atoms with Crippen LogP contribution in [0.5, 0.6) is 0 Å². The summed E-state index contributed by atoms with van der Waals surface area (Å²) >= 11 is 0. The fraction of sp³-hybridized carbons (Fsp3) is 0.688. The van der Waals surface area contributed by atoms with Crippen molar-refractivity contribution in [2.24, 2.45) is 5.92 Å². The Labute approximate surface area is 140 Å². The molecule has 3 heterocycles. The van der Waals surface area contributed by atoms with Crippen molar-refractivity contribution in [3.8, 4) is 0 Å². The molecule has 0 bridgehead atoms. The number of amides is 1. The number of carbonyl (C=O) groups is 2. The van der Waals surface area contributed by atoms with Crippen molar-refractivity contribution in [3.05, 3.63) is 17.5 Å². The fourth-order valence-corrected chi connectivity index (χ4v) is 3.41. The summed E-state index contributed by atoms with van der Waals surface area (Å²) in [6.45, 7) is 4.95. The van der Waals surface area contributed by atoms with Crippen LogP contribution in [-0.4, -0.2) is 76.4 Å². The number of carboxylic acid groups (broad SMARTS) is 1. The maximum Gasteiger partial charge on any atom is 0.354 e. The molecule has 0 spiro atoms. The summed E-state index contributed by atoms with van der Waals surface area (Å²) < 4.78 is 5.33. The lowest BCUT2D eigenvalue weighted by molar-refractivity contribution is -0.138. The topological polar surface area (TPSA) is 98.8 Å². The van der Waals surface area contributed by atoms with Crippen molar-refractivity contribution >= 4 is 11.9 Å². The van der Waals surface area contributed by atoms with Crippen LogP contribution in [0.3, 0.4) is 0 Å². The second-order valence-electron chi connectivity index (χ2n) is 6.42. The van der Waals surface area contributed by atoms with E-state index >= 15 is 0 Å². The minimum atomic E-state index is -0.992. The Bertz CT molecular complexity index is 582. The van der Waals surface area contributed by atoms with E-state index in [0.29, 0.717) is 31.9 Å². The van der Waals surface area contributed by atoms with E-state index in [4.69, 9.17) is 9.84 Å². The Hall–Kier alpha value is -1.93. The molecule has 2 fully saturated rings. The molecule has 1 amide bonds. The van der Waals surface area contributed by atoms with E-state index in [1.54, 1.807) is 6.20 Å². The highest BCUT2D eigenvalue weighted by molar-refractivity contribution is 5.86. The van der Waals surface area contributed by atoms with Crippen LogP contribution in [0.1, 0.15) is 35.3 Å². The van der Waals surface area contributed by atoms with Gasteiger partial charge in [0.1, 0.15) is 5.69 Å². The zero-order chi connectivity index (χ0) is 16.9. The Kier molecular flexibility index (Phi) is 5.47. The third-order valence-corrected chi connectivity index (χ3v) is 4.80. The van der Waals surface area contributed by atoms with Crippen LogP contribution in [-0.2, 0) is 16.1 Å². The molecule has 24 heavy (non-hydrogen) atoms. The average molecular weight is 336 g/mol. The zero-order valence-corrected chi connectivity index (χ0v) is 13.7. The number of ether oxygens (including phenoxy) is 1. The number of aromatic carboxylic acids is 1. The van der Waals surface area contributed by atoms with Gasteiger partial charge >= 0.3 is 5.97 Å². The highest BCUT2D eigenvalue weighted by Gasteiger charge is 2.28. The molecule has 2 saturated heterocycles. The molecule has 0 aromatic carbocycles. The van der Waals surface area contributed by atoms with Crippen molar-refractivity contribution < 1.29 is 19.4 Å². The largest absolute Gasteiger partial charge is 0.477 e. The third-order valence-electron chi connectivity index (χ3n) is 4.80. The summed E-state index contributed by atoms with van der Waals surface area (Å²) in [5.74, 6) is -0.652. The lowest BCUT2D eigenvalue weighted by Gasteiger charge is -2.28. The number of aromatic amines is 1. The first-order valence-electron chi connectivity index (χ1n) is 8.49. The summed E-state index contributed by atoms with van der Waals surface area (Å²) in [5, 5.41) is 15.5. The monoisotopic (exact) mass is 336 g/mol. The predicted octanol–water partition coefficient (Wildman–Crippen LogP) is 0.569. The van der Waals surface area contributed by atoms with Gasteiger partial charge in [0, 0.05) is 57.4 Å². The van der Waals surface area contributed by atoms with Crippen LogP contribution >= 0.6 is 0 Å². The van der Waals surface area contributed by atoms with Gasteiger partial charge in [-0.1, -0.05) is 0 Å². The molecular weight excluding hydrogens is 312 g/mol. The van der Waals surface area contributed by atoms with E-state index in [9.17, 15) is 9.59 Å². The summed E-state index contributed by atoms with van der Waals surface area (Å²) in [6.07, 6.45) is 4.10. The van der Waals surface area contributed by atoms with Crippen LogP contribution < -0.4 is 0 Å². The smallest absolute Gasteiger partial charge is 0.354 e. The van der Waals surface area contributed by atoms with Gasteiger partial charge < -0.3 is 14.7 Å². The highest BCUT2D eigenvalue weighted by atomic mass is 16.5. The van der Waals surface area contributed by atoms with E-state index in [1.165, 1.54) is 0 Å². The zero-order valence-electron chi connectivity index (χ0n) is 13.7. The summed E-state index contributed by atoms with van der Waals surface area (Å²) in [5.41, 5.74) is 0.834. The Balaban J connectivity index is 1.55. The Morgan fingerprint density at radius 2 is 2.04 bits per heavy atom. The molecule has 0 saturated carbocycles. The molecule has 0 aliphatic carbocycles. The molecule has 2 aliphatic heterocycles. The maximum absolute atomic E-state index is 12.6. The van der Waals surface area contributed by atoms with Crippen molar-refractivity contribution in [3.63, 3.8) is 0 Å². The molecule has 2 aliphatic rings. The number of nitrogens with one attached hydrogen (secondary N) is 1. The number of hydrogen-bond acceptors (Lipinski definition) is 5. The van der Waals surface area contributed by atoms with E-state index in [1.807, 2.05) is 4.90 Å². The van der Waals surface area contributed by atoms with Gasteiger partial charge in [0.25, 0.3) is 0 Å². The number of hydrogen-bond donors (Lipinski definition) is 2. The lowest BCUT2D eigenvalue weighted by Crippen LogP contribution is -2.40. The van der Waals surface area contributed by atoms with Crippen LogP contribution in [0.25, 0.3) is 0 Å². The van der Waals surface area contributed by atoms with E-state index in [0.717, 1.165) is 38.9 Å². The number of carboxylic acids is 1. The van der Waals surface area contributed by atoms with E-state index in [2.05, 4.69) is 15.1 Å². The van der Waals surface area contributed by atoms with Gasteiger partial charge in [0.15, 0.2) is 0 Å². The molecule has 8 heteroatoms. The van der Waals surface area contributed by atoms with Gasteiger partial charge in [-0.15, -0.1) is 0 Å². The molecule has 8 nitrogen and oxygen atoms in total. The van der Waals surface area contributed by atoms with Crippen LogP contribution in [0.4, 0.5) is 0 Å². The molecular formula is C16H24N4O4. The second kappa shape index (κ2) is 7.76. The minimum Gasteiger partial charge on any atom is -0.477 e. The molecule has 132 valence electrons. The highest BCUT2D eigenvalue weighted by Crippen LogP contribution is 2.19. The summed E-state index contributed by atoms with van der Waals surface area (Å²) in [4.78, 5) is 27.9. The third kappa shape index (κ3) is 3.93. The molecule has 1 aromatic heterocycles. The van der Waals surface area contributed by atoms with Gasteiger partial charge in [-0.3, -0.25) is 14.8 Å². The molecule has 3 rings (SSSR count). The standard InChI is InChI=1S/C16H24N4O4/c21-15(12-2-8-24-9-3-12)20-5-1-4-19(6-7-20)11-13-10-17-18-14(13)16(22)23/h10,12H,1-9,11H2,(H,17,18)(H,22,23). The van der Waals surface area contributed by atoms with Crippen LogP contribution in [0, 0.1) is 5.92 Å². The normalized spacial score (nSPS) is 20.8. The Morgan fingerprint density at radius 3 is 2.79 bits per heavy atom. The fourth-order valence-electron chi connectivity index (χ4n) is 3.41. The van der Waals surface area contributed by atoms with Crippen molar-refractivity contribution in [1.29, 1.82) is 0 Å². The van der Waals surface area contributed by atoms with Crippen molar-refractivity contribution in [2.75, 3.05) is 39.4 Å². The quantitative estimate of drug-likeness (QED) is 0.834. The SMILES string of the molecule is O=C(O)c1[nH]ncc1CN1CCCN(C(=O)C2CCOCC2)CC1. The predicted molar refractivity (Wildman–Crippen MR) is 85.6 cm³/mol. The van der Waals surface area contributed by atoms with Crippen molar-refractivity contribution in [1.82, 2.24) is 20.0 Å². The molecule has 2 N–H and O–H groups in total. The molecule has 0 atom stereocenters. The second-order valence-corrected chi connectivity index (χ2v) is 6.42. The number of nitrogens with zero attached hydrogens (tertiary/aromatic N) is 3. The molecule has 0 radical (unpaired) electrons.